The van der Waals surface area contributed by atoms with Crippen molar-refractivity contribution in [3.05, 3.63) is 70.2 Å². The van der Waals surface area contributed by atoms with E-state index in [1.54, 1.807) is 24.3 Å². The van der Waals surface area contributed by atoms with E-state index in [1.807, 2.05) is 18.2 Å². The van der Waals surface area contributed by atoms with E-state index in [2.05, 4.69) is 15.7 Å². The summed E-state index contributed by atoms with van der Waals surface area (Å²) < 4.78 is 27.4. The first-order chi connectivity index (χ1) is 12.0. The van der Waals surface area contributed by atoms with Crippen LogP contribution in [0.5, 0.6) is 0 Å². The van der Waals surface area contributed by atoms with E-state index >= 15 is 0 Å². The van der Waals surface area contributed by atoms with Gasteiger partial charge in [-0.05, 0) is 54.8 Å². The molecule has 0 unspecified atom stereocenters. The normalized spacial score (nSPS) is 15.6. The Morgan fingerprint density at radius 2 is 1.60 bits per heavy atom. The molecule has 2 aromatic carbocycles. The summed E-state index contributed by atoms with van der Waals surface area (Å²) in [6.07, 6.45) is 2.49. The van der Waals surface area contributed by atoms with Crippen molar-refractivity contribution < 1.29 is 8.42 Å². The molecule has 0 spiro atoms. The van der Waals surface area contributed by atoms with E-state index in [-0.39, 0.29) is 5.75 Å². The summed E-state index contributed by atoms with van der Waals surface area (Å²) in [4.78, 5) is 2.42. The van der Waals surface area contributed by atoms with Crippen LogP contribution in [0, 0.1) is 0 Å². The quantitative estimate of drug-likeness (QED) is 0.801. The van der Waals surface area contributed by atoms with Gasteiger partial charge < -0.3 is 0 Å². The zero-order valence-corrected chi connectivity index (χ0v) is 15.7. The lowest BCUT2D eigenvalue weighted by Gasteiger charge is -2.17. The molecule has 6 heteroatoms. The highest BCUT2D eigenvalue weighted by molar-refractivity contribution is 7.88. The topological polar surface area (TPSA) is 49.4 Å². The maximum atomic E-state index is 12.4. The lowest BCUT2D eigenvalue weighted by atomic mass is 10.1. The third-order valence-electron chi connectivity index (χ3n) is 4.46. The predicted molar refractivity (Wildman–Crippen MR) is 102 cm³/mol. The molecule has 0 aromatic heterocycles. The molecule has 1 fully saturated rings. The highest BCUT2D eigenvalue weighted by Gasteiger charge is 2.15. The number of sulfonamides is 1. The van der Waals surface area contributed by atoms with Crippen LogP contribution in [0.1, 0.15) is 29.5 Å². The van der Waals surface area contributed by atoms with Crippen LogP contribution < -0.4 is 4.72 Å². The maximum absolute atomic E-state index is 12.4. The Hall–Kier alpha value is -1.40. The number of likely N-dealkylation sites (tertiary alicyclic amines) is 1. The maximum Gasteiger partial charge on any atom is 0.216 e. The zero-order valence-electron chi connectivity index (χ0n) is 14.1. The molecule has 1 aliphatic rings. The fraction of sp³-hybridized carbons (Fsp3) is 0.368. The molecule has 0 aliphatic carbocycles. The molecular weight excluding hydrogens is 356 g/mol. The van der Waals surface area contributed by atoms with Crippen molar-refractivity contribution >= 4 is 21.6 Å². The molecule has 134 valence electrons. The number of nitrogens with one attached hydrogen (secondary N) is 1. The van der Waals surface area contributed by atoms with Crippen LogP contribution in [0.15, 0.2) is 48.5 Å². The van der Waals surface area contributed by atoms with Gasteiger partial charge in [0.2, 0.25) is 10.0 Å². The van der Waals surface area contributed by atoms with E-state index in [0.717, 1.165) is 30.8 Å². The molecule has 1 heterocycles. The van der Waals surface area contributed by atoms with Crippen LogP contribution in [-0.2, 0) is 28.9 Å². The molecule has 0 atom stereocenters. The molecule has 1 saturated heterocycles. The van der Waals surface area contributed by atoms with Crippen LogP contribution in [0.2, 0.25) is 5.02 Å². The standard InChI is InChI=1S/C19H23ClN2O2S/c20-19-9-7-16(8-10-19)15-25(23,24)21-13-17-5-1-2-6-18(17)14-22-11-3-4-12-22/h1-2,5-10,21H,3-4,11-15H2. The summed E-state index contributed by atoms with van der Waals surface area (Å²) in [6.45, 7) is 3.45. The minimum atomic E-state index is -3.40. The Kier molecular flexibility index (Phi) is 6.12. The molecule has 25 heavy (non-hydrogen) atoms. The monoisotopic (exact) mass is 378 g/mol. The Bertz CT molecular complexity index is 800. The first-order valence-corrected chi connectivity index (χ1v) is 10.6. The van der Waals surface area contributed by atoms with Crippen molar-refractivity contribution in [2.24, 2.45) is 0 Å². The number of hydrogen-bond donors (Lipinski definition) is 1. The smallest absolute Gasteiger partial charge is 0.216 e. The van der Waals surface area contributed by atoms with Gasteiger partial charge in [-0.25, -0.2) is 13.1 Å². The highest BCUT2D eigenvalue weighted by atomic mass is 35.5. The second kappa shape index (κ2) is 8.32. The van der Waals surface area contributed by atoms with Gasteiger partial charge in [-0.15, -0.1) is 0 Å². The Morgan fingerprint density at radius 1 is 0.960 bits per heavy atom. The van der Waals surface area contributed by atoms with Crippen LogP contribution >= 0.6 is 11.6 Å². The molecule has 3 rings (SSSR count). The number of halogens is 1. The first-order valence-electron chi connectivity index (χ1n) is 8.53. The average Bonchev–Trinajstić information content (AvgIpc) is 3.09. The summed E-state index contributed by atoms with van der Waals surface area (Å²) in [6, 6.07) is 14.9. The van der Waals surface area contributed by atoms with Crippen molar-refractivity contribution in [3.63, 3.8) is 0 Å². The molecule has 0 amide bonds. The van der Waals surface area contributed by atoms with Gasteiger partial charge in [0, 0.05) is 18.1 Å². The predicted octanol–water partition coefficient (Wildman–Crippen LogP) is 3.56. The van der Waals surface area contributed by atoms with Gasteiger partial charge in [0.15, 0.2) is 0 Å². The summed E-state index contributed by atoms with van der Waals surface area (Å²) in [5.41, 5.74) is 2.95. The van der Waals surface area contributed by atoms with Crippen molar-refractivity contribution in [1.29, 1.82) is 0 Å². The van der Waals surface area contributed by atoms with Crippen LogP contribution in [0.4, 0.5) is 0 Å². The fourth-order valence-corrected chi connectivity index (χ4v) is 4.34. The summed E-state index contributed by atoms with van der Waals surface area (Å²) in [5.74, 6) is -0.0432. The third kappa shape index (κ3) is 5.54. The Balaban J connectivity index is 1.63. The minimum Gasteiger partial charge on any atom is -0.299 e. The summed E-state index contributed by atoms with van der Waals surface area (Å²) >= 11 is 5.84. The zero-order chi connectivity index (χ0) is 17.7. The number of hydrogen-bond acceptors (Lipinski definition) is 3. The third-order valence-corrected chi connectivity index (χ3v) is 6.01. The van der Waals surface area contributed by atoms with E-state index in [9.17, 15) is 8.42 Å². The minimum absolute atomic E-state index is 0.0432. The highest BCUT2D eigenvalue weighted by Crippen LogP contribution is 2.17. The summed E-state index contributed by atoms with van der Waals surface area (Å²) in [7, 11) is -3.40. The summed E-state index contributed by atoms with van der Waals surface area (Å²) in [5, 5.41) is 0.602. The van der Waals surface area contributed by atoms with Gasteiger partial charge in [-0.2, -0.15) is 0 Å². The van der Waals surface area contributed by atoms with Gasteiger partial charge >= 0.3 is 0 Å². The molecule has 1 aliphatic heterocycles. The number of rotatable bonds is 7. The second-order valence-corrected chi connectivity index (χ2v) is 8.70. The van der Waals surface area contributed by atoms with Crippen LogP contribution in [0.25, 0.3) is 0 Å². The van der Waals surface area contributed by atoms with Gasteiger partial charge in [0.1, 0.15) is 0 Å². The molecule has 2 aromatic rings. The van der Waals surface area contributed by atoms with Gasteiger partial charge in [0.05, 0.1) is 5.75 Å². The number of benzene rings is 2. The Labute approximate surface area is 154 Å². The number of nitrogens with zero attached hydrogens (tertiary/aromatic N) is 1. The molecule has 4 nitrogen and oxygen atoms in total. The molecular formula is C19H23ClN2O2S. The molecule has 0 saturated carbocycles. The lowest BCUT2D eigenvalue weighted by molar-refractivity contribution is 0.330. The van der Waals surface area contributed by atoms with Gasteiger partial charge in [0.25, 0.3) is 0 Å². The van der Waals surface area contributed by atoms with Crippen molar-refractivity contribution in [2.45, 2.75) is 31.7 Å². The van der Waals surface area contributed by atoms with Crippen molar-refractivity contribution in [2.75, 3.05) is 13.1 Å². The van der Waals surface area contributed by atoms with Crippen molar-refractivity contribution in [1.82, 2.24) is 9.62 Å². The lowest BCUT2D eigenvalue weighted by Crippen LogP contribution is -2.26. The largest absolute Gasteiger partial charge is 0.299 e. The van der Waals surface area contributed by atoms with E-state index < -0.39 is 10.0 Å². The first kappa shape index (κ1) is 18.4. The second-order valence-electron chi connectivity index (χ2n) is 6.46. The SMILES string of the molecule is O=S(=O)(Cc1ccc(Cl)cc1)NCc1ccccc1CN1CCCC1. The van der Waals surface area contributed by atoms with Crippen molar-refractivity contribution in [3.8, 4) is 0 Å². The molecule has 0 radical (unpaired) electrons. The van der Waals surface area contributed by atoms with E-state index in [0.29, 0.717) is 11.6 Å². The molecule has 1 N–H and O–H groups in total. The van der Waals surface area contributed by atoms with Gasteiger partial charge in [-0.3, -0.25) is 4.90 Å². The molecule has 0 bridgehead atoms. The Morgan fingerprint density at radius 3 is 2.28 bits per heavy atom. The van der Waals surface area contributed by atoms with Gasteiger partial charge in [-0.1, -0.05) is 48.0 Å². The average molecular weight is 379 g/mol. The van der Waals surface area contributed by atoms with Crippen LogP contribution in [-0.4, -0.2) is 26.4 Å². The fourth-order valence-electron chi connectivity index (χ4n) is 3.10. The van der Waals surface area contributed by atoms with E-state index in [1.165, 1.54) is 18.4 Å². The van der Waals surface area contributed by atoms with E-state index in [4.69, 9.17) is 11.6 Å². The van der Waals surface area contributed by atoms with Crippen LogP contribution in [0.3, 0.4) is 0 Å².